The normalized spacial score (nSPS) is 14.7. The van der Waals surface area contributed by atoms with Gasteiger partial charge in [0.05, 0.1) is 5.60 Å². The number of hydrogen-bond acceptors (Lipinski definition) is 3. The van der Waals surface area contributed by atoms with Crippen LogP contribution in [0, 0.1) is 0 Å². The molecule has 3 heteroatoms. The highest BCUT2D eigenvalue weighted by Crippen LogP contribution is 2.24. The Balaban J connectivity index is 2.11. The molecule has 1 heterocycles. The van der Waals surface area contributed by atoms with E-state index < -0.39 is 5.60 Å². The van der Waals surface area contributed by atoms with Crippen LogP contribution in [0.25, 0.3) is 0 Å². The van der Waals surface area contributed by atoms with Gasteiger partial charge >= 0.3 is 0 Å². The zero-order valence-electron chi connectivity index (χ0n) is 12.4. The van der Waals surface area contributed by atoms with E-state index in [0.717, 1.165) is 12.1 Å². The third-order valence-corrected chi connectivity index (χ3v) is 4.44. The molecule has 0 saturated heterocycles. The topological polar surface area (TPSA) is 23.5 Å². The molecule has 0 aliphatic carbocycles. The second kappa shape index (κ2) is 6.53. The fourth-order valence-corrected chi connectivity index (χ4v) is 3.04. The zero-order valence-corrected chi connectivity index (χ0v) is 13.2. The van der Waals surface area contributed by atoms with E-state index in [4.69, 9.17) is 0 Å². The van der Waals surface area contributed by atoms with Crippen LogP contribution >= 0.6 is 11.3 Å². The summed E-state index contributed by atoms with van der Waals surface area (Å²) < 4.78 is 0. The molecule has 0 amide bonds. The van der Waals surface area contributed by atoms with Crippen LogP contribution in [0.15, 0.2) is 47.8 Å². The van der Waals surface area contributed by atoms with E-state index in [2.05, 4.69) is 36.3 Å². The Hall–Kier alpha value is -1.16. The number of aliphatic hydroxyl groups is 1. The van der Waals surface area contributed by atoms with Crippen LogP contribution in [0.2, 0.25) is 0 Å². The first-order valence-electron chi connectivity index (χ1n) is 7.03. The molecule has 0 radical (unpaired) electrons. The van der Waals surface area contributed by atoms with Crippen molar-refractivity contribution in [2.75, 3.05) is 6.54 Å². The van der Waals surface area contributed by atoms with Crippen molar-refractivity contribution in [1.82, 2.24) is 4.90 Å². The number of benzene rings is 1. The van der Waals surface area contributed by atoms with E-state index in [0.29, 0.717) is 12.6 Å². The Labute approximate surface area is 125 Å². The van der Waals surface area contributed by atoms with Gasteiger partial charge in [-0.25, -0.2) is 0 Å². The molecule has 1 N–H and O–H groups in total. The minimum Gasteiger partial charge on any atom is -0.384 e. The average Bonchev–Trinajstić information content (AvgIpc) is 2.91. The van der Waals surface area contributed by atoms with Gasteiger partial charge in [0.15, 0.2) is 0 Å². The highest BCUT2D eigenvalue weighted by Gasteiger charge is 2.27. The van der Waals surface area contributed by atoms with E-state index in [9.17, 15) is 5.11 Å². The Bertz CT molecular complexity index is 505. The zero-order chi connectivity index (χ0) is 14.6. The van der Waals surface area contributed by atoms with Gasteiger partial charge in [0.2, 0.25) is 0 Å². The van der Waals surface area contributed by atoms with Gasteiger partial charge in [-0.3, -0.25) is 4.90 Å². The van der Waals surface area contributed by atoms with Crippen molar-refractivity contribution in [2.45, 2.75) is 39.0 Å². The van der Waals surface area contributed by atoms with Crippen LogP contribution in [0.3, 0.4) is 0 Å². The molecule has 1 atom stereocenters. The lowest BCUT2D eigenvalue weighted by Crippen LogP contribution is -2.41. The molecular formula is C17H23NOS. The molecule has 1 unspecified atom stereocenters. The average molecular weight is 289 g/mol. The van der Waals surface area contributed by atoms with Gasteiger partial charge in [-0.1, -0.05) is 36.4 Å². The largest absolute Gasteiger partial charge is 0.384 e. The molecule has 0 aliphatic heterocycles. The van der Waals surface area contributed by atoms with Gasteiger partial charge in [0, 0.05) is 24.0 Å². The fourth-order valence-electron chi connectivity index (χ4n) is 2.31. The first-order valence-corrected chi connectivity index (χ1v) is 7.91. The van der Waals surface area contributed by atoms with Crippen molar-refractivity contribution in [3.63, 3.8) is 0 Å². The first kappa shape index (κ1) is 15.2. The maximum Gasteiger partial charge on any atom is 0.0995 e. The number of rotatable bonds is 6. The summed E-state index contributed by atoms with van der Waals surface area (Å²) in [6, 6.07) is 14.5. The van der Waals surface area contributed by atoms with Crippen molar-refractivity contribution in [2.24, 2.45) is 0 Å². The highest BCUT2D eigenvalue weighted by molar-refractivity contribution is 7.09. The van der Waals surface area contributed by atoms with Crippen molar-refractivity contribution in [3.8, 4) is 0 Å². The fraction of sp³-hybridized carbons (Fsp3) is 0.412. The van der Waals surface area contributed by atoms with Gasteiger partial charge in [-0.05, 0) is 37.8 Å². The number of nitrogens with zero attached hydrogens (tertiary/aromatic N) is 1. The van der Waals surface area contributed by atoms with Gasteiger partial charge in [-0.2, -0.15) is 0 Å². The predicted molar refractivity (Wildman–Crippen MR) is 85.9 cm³/mol. The third kappa shape index (κ3) is 3.92. The molecule has 108 valence electrons. The molecular weight excluding hydrogens is 266 g/mol. The SMILES string of the molecule is CC(C)N(Cc1cccs1)CC(C)(O)c1ccccc1. The molecule has 2 rings (SSSR count). The van der Waals surface area contributed by atoms with E-state index in [1.54, 1.807) is 11.3 Å². The van der Waals surface area contributed by atoms with Crippen LogP contribution < -0.4 is 0 Å². The van der Waals surface area contributed by atoms with Crippen LogP contribution in [-0.4, -0.2) is 22.6 Å². The highest BCUT2D eigenvalue weighted by atomic mass is 32.1. The summed E-state index contributed by atoms with van der Waals surface area (Å²) in [6.45, 7) is 7.76. The summed E-state index contributed by atoms with van der Waals surface area (Å²) in [6.07, 6.45) is 0. The molecule has 2 aromatic rings. The lowest BCUT2D eigenvalue weighted by molar-refractivity contribution is 0.00369. The molecule has 0 spiro atoms. The Morgan fingerprint density at radius 2 is 1.85 bits per heavy atom. The van der Waals surface area contributed by atoms with E-state index in [1.807, 2.05) is 37.3 Å². The Kier molecular flexibility index (Phi) is 4.97. The second-order valence-electron chi connectivity index (χ2n) is 5.72. The minimum atomic E-state index is -0.831. The van der Waals surface area contributed by atoms with Crippen LogP contribution in [0.5, 0.6) is 0 Å². The molecule has 2 nitrogen and oxygen atoms in total. The van der Waals surface area contributed by atoms with E-state index in [1.165, 1.54) is 4.88 Å². The van der Waals surface area contributed by atoms with Gasteiger partial charge in [0.25, 0.3) is 0 Å². The van der Waals surface area contributed by atoms with Crippen molar-refractivity contribution in [3.05, 3.63) is 58.3 Å². The minimum absolute atomic E-state index is 0.396. The number of thiophene rings is 1. The summed E-state index contributed by atoms with van der Waals surface area (Å²) in [5.74, 6) is 0. The van der Waals surface area contributed by atoms with Crippen molar-refractivity contribution >= 4 is 11.3 Å². The summed E-state index contributed by atoms with van der Waals surface area (Å²) in [4.78, 5) is 3.65. The van der Waals surface area contributed by atoms with Gasteiger partial charge in [-0.15, -0.1) is 11.3 Å². The molecule has 0 fully saturated rings. The van der Waals surface area contributed by atoms with Crippen LogP contribution in [0.4, 0.5) is 0 Å². The van der Waals surface area contributed by atoms with Crippen molar-refractivity contribution < 1.29 is 5.11 Å². The Morgan fingerprint density at radius 3 is 2.40 bits per heavy atom. The second-order valence-corrected chi connectivity index (χ2v) is 6.75. The summed E-state index contributed by atoms with van der Waals surface area (Å²) in [5.41, 5.74) is 0.139. The molecule has 1 aromatic carbocycles. The van der Waals surface area contributed by atoms with Gasteiger partial charge in [0.1, 0.15) is 0 Å². The standard InChI is InChI=1S/C17H23NOS/c1-14(2)18(12-16-10-7-11-20-16)13-17(3,19)15-8-5-4-6-9-15/h4-11,14,19H,12-13H2,1-3H3. The quantitative estimate of drug-likeness (QED) is 0.872. The molecule has 0 saturated carbocycles. The predicted octanol–water partition coefficient (Wildman–Crippen LogP) is 3.87. The maximum atomic E-state index is 10.8. The van der Waals surface area contributed by atoms with E-state index >= 15 is 0 Å². The van der Waals surface area contributed by atoms with Crippen LogP contribution in [-0.2, 0) is 12.1 Å². The summed E-state index contributed by atoms with van der Waals surface area (Å²) in [5, 5.41) is 12.9. The van der Waals surface area contributed by atoms with Gasteiger partial charge < -0.3 is 5.11 Å². The maximum absolute atomic E-state index is 10.8. The summed E-state index contributed by atoms with van der Waals surface area (Å²) in [7, 11) is 0. The first-order chi connectivity index (χ1) is 9.49. The lowest BCUT2D eigenvalue weighted by Gasteiger charge is -2.34. The lowest BCUT2D eigenvalue weighted by atomic mass is 9.95. The smallest absolute Gasteiger partial charge is 0.0995 e. The van der Waals surface area contributed by atoms with Crippen molar-refractivity contribution in [1.29, 1.82) is 0 Å². The monoisotopic (exact) mass is 289 g/mol. The Morgan fingerprint density at radius 1 is 1.15 bits per heavy atom. The number of hydrogen-bond donors (Lipinski definition) is 1. The molecule has 1 aromatic heterocycles. The molecule has 20 heavy (non-hydrogen) atoms. The van der Waals surface area contributed by atoms with E-state index in [-0.39, 0.29) is 0 Å². The molecule has 0 bridgehead atoms. The van der Waals surface area contributed by atoms with Crippen LogP contribution in [0.1, 0.15) is 31.2 Å². The molecule has 0 aliphatic rings. The third-order valence-electron chi connectivity index (χ3n) is 3.58. The summed E-state index contributed by atoms with van der Waals surface area (Å²) >= 11 is 1.77.